The predicted molar refractivity (Wildman–Crippen MR) is 107 cm³/mol. The third kappa shape index (κ3) is 3.46. The molecule has 28 heavy (non-hydrogen) atoms. The number of rotatable bonds is 6. The van der Waals surface area contributed by atoms with Crippen molar-refractivity contribution in [1.29, 1.82) is 0 Å². The quantitative estimate of drug-likeness (QED) is 0.507. The summed E-state index contributed by atoms with van der Waals surface area (Å²) in [5.41, 5.74) is 0.865. The number of nitrogens with zero attached hydrogens (tertiary/aromatic N) is 2. The summed E-state index contributed by atoms with van der Waals surface area (Å²) in [5, 5.41) is 3.50. The fraction of sp³-hybridized carbons (Fsp3) is 0.200. The average Bonchev–Trinajstić information content (AvgIpc) is 3.29. The van der Waals surface area contributed by atoms with E-state index in [-0.39, 0.29) is 29.4 Å². The standard InChI is InChI=1S/C20H17N3O4S/c1-12(24)21-9-8-13-6-7-17(28-13)15(25)10-23-11-22-18-14-4-2-3-5-16(14)27-19(18)20(23)26/h2-7,11H,8-10H2,1H3,(H,21,24). The third-order valence-electron chi connectivity index (χ3n) is 4.35. The monoisotopic (exact) mass is 395 g/mol. The minimum Gasteiger partial charge on any atom is -0.448 e. The number of carbonyl (C=O) groups is 2. The summed E-state index contributed by atoms with van der Waals surface area (Å²) < 4.78 is 6.91. The van der Waals surface area contributed by atoms with Gasteiger partial charge in [0.25, 0.3) is 5.56 Å². The van der Waals surface area contributed by atoms with E-state index < -0.39 is 0 Å². The number of nitrogens with one attached hydrogen (secondary N) is 1. The van der Waals surface area contributed by atoms with Crippen LogP contribution in [0.4, 0.5) is 0 Å². The van der Waals surface area contributed by atoms with Gasteiger partial charge in [-0.15, -0.1) is 11.3 Å². The molecule has 0 fully saturated rings. The van der Waals surface area contributed by atoms with Crippen LogP contribution in [0.3, 0.4) is 0 Å². The van der Waals surface area contributed by atoms with Crippen LogP contribution in [-0.2, 0) is 17.8 Å². The molecule has 0 spiro atoms. The highest BCUT2D eigenvalue weighted by atomic mass is 32.1. The molecule has 7 nitrogen and oxygen atoms in total. The highest BCUT2D eigenvalue weighted by Crippen LogP contribution is 2.24. The van der Waals surface area contributed by atoms with Crippen LogP contribution >= 0.6 is 11.3 Å². The van der Waals surface area contributed by atoms with E-state index in [2.05, 4.69) is 10.3 Å². The van der Waals surface area contributed by atoms with Gasteiger partial charge >= 0.3 is 0 Å². The van der Waals surface area contributed by atoms with Gasteiger partial charge in [-0.1, -0.05) is 12.1 Å². The van der Waals surface area contributed by atoms with Crippen molar-refractivity contribution in [3.05, 3.63) is 62.8 Å². The van der Waals surface area contributed by atoms with Crippen molar-refractivity contribution >= 4 is 45.1 Å². The molecule has 0 saturated heterocycles. The zero-order valence-electron chi connectivity index (χ0n) is 15.1. The second kappa shape index (κ2) is 7.40. The molecule has 0 aliphatic rings. The van der Waals surface area contributed by atoms with Crippen molar-refractivity contribution < 1.29 is 14.0 Å². The Bertz CT molecular complexity index is 1250. The molecule has 1 aromatic carbocycles. The Morgan fingerprint density at radius 3 is 2.86 bits per heavy atom. The van der Waals surface area contributed by atoms with Crippen molar-refractivity contribution in [3.8, 4) is 0 Å². The van der Waals surface area contributed by atoms with Crippen LogP contribution in [0.25, 0.3) is 22.1 Å². The molecule has 0 unspecified atom stereocenters. The first kappa shape index (κ1) is 18.1. The van der Waals surface area contributed by atoms with Crippen LogP contribution in [0.2, 0.25) is 0 Å². The van der Waals surface area contributed by atoms with Gasteiger partial charge in [0.2, 0.25) is 11.5 Å². The molecule has 0 bridgehead atoms. The maximum atomic E-state index is 12.7. The summed E-state index contributed by atoms with van der Waals surface area (Å²) in [7, 11) is 0. The van der Waals surface area contributed by atoms with E-state index in [4.69, 9.17) is 4.42 Å². The number of Topliss-reactive ketones (excluding diaryl/α,β-unsaturated/α-hetero) is 1. The van der Waals surface area contributed by atoms with Gasteiger partial charge in [-0.25, -0.2) is 4.98 Å². The van der Waals surface area contributed by atoms with Crippen molar-refractivity contribution in [3.63, 3.8) is 0 Å². The predicted octanol–water partition coefficient (Wildman–Crippen LogP) is 2.77. The Morgan fingerprint density at radius 1 is 1.21 bits per heavy atom. The van der Waals surface area contributed by atoms with E-state index in [0.29, 0.717) is 28.9 Å². The first-order valence-electron chi connectivity index (χ1n) is 8.76. The van der Waals surface area contributed by atoms with Crippen LogP contribution < -0.4 is 10.9 Å². The van der Waals surface area contributed by atoms with Crippen LogP contribution in [-0.4, -0.2) is 27.8 Å². The molecule has 1 amide bonds. The van der Waals surface area contributed by atoms with Gasteiger partial charge < -0.3 is 9.73 Å². The summed E-state index contributed by atoms with van der Waals surface area (Å²) >= 11 is 1.37. The van der Waals surface area contributed by atoms with Gasteiger partial charge in [0.15, 0.2) is 5.78 Å². The zero-order chi connectivity index (χ0) is 19.7. The highest BCUT2D eigenvalue weighted by Gasteiger charge is 2.16. The molecule has 0 saturated carbocycles. The SMILES string of the molecule is CC(=O)NCCc1ccc(C(=O)Cn2cnc3c(oc4ccccc43)c2=O)s1. The normalized spacial score (nSPS) is 11.2. The van der Waals surface area contributed by atoms with Gasteiger partial charge in [-0.2, -0.15) is 0 Å². The smallest absolute Gasteiger partial charge is 0.297 e. The van der Waals surface area contributed by atoms with Gasteiger partial charge in [-0.3, -0.25) is 19.0 Å². The van der Waals surface area contributed by atoms with E-state index >= 15 is 0 Å². The molecule has 3 aromatic heterocycles. The number of hydrogen-bond donors (Lipinski definition) is 1. The fourth-order valence-corrected chi connectivity index (χ4v) is 3.92. The number of ketones is 1. The minimum atomic E-state index is -0.378. The lowest BCUT2D eigenvalue weighted by atomic mass is 10.2. The molecule has 4 rings (SSSR count). The molecule has 0 radical (unpaired) electrons. The van der Waals surface area contributed by atoms with Crippen LogP contribution in [0.5, 0.6) is 0 Å². The van der Waals surface area contributed by atoms with Gasteiger partial charge in [0.1, 0.15) is 11.1 Å². The number of hydrogen-bond acceptors (Lipinski definition) is 6. The second-order valence-corrected chi connectivity index (χ2v) is 7.54. The molecule has 3 heterocycles. The van der Waals surface area contributed by atoms with E-state index in [9.17, 15) is 14.4 Å². The van der Waals surface area contributed by atoms with E-state index in [1.54, 1.807) is 12.1 Å². The van der Waals surface area contributed by atoms with Crippen LogP contribution in [0.1, 0.15) is 21.5 Å². The number of thiophene rings is 1. The fourth-order valence-electron chi connectivity index (χ4n) is 2.98. The van der Waals surface area contributed by atoms with E-state index in [1.807, 2.05) is 24.3 Å². The molecule has 1 N–H and O–H groups in total. The summed E-state index contributed by atoms with van der Waals surface area (Å²) in [4.78, 5) is 42.1. The van der Waals surface area contributed by atoms with Crippen molar-refractivity contribution in [2.75, 3.05) is 6.54 Å². The molecular formula is C20H17N3O4S. The number of amides is 1. The molecule has 0 atom stereocenters. The summed E-state index contributed by atoms with van der Waals surface area (Å²) in [6.07, 6.45) is 2.04. The van der Waals surface area contributed by atoms with Crippen molar-refractivity contribution in [2.45, 2.75) is 19.9 Å². The lowest BCUT2D eigenvalue weighted by Gasteiger charge is -2.03. The second-order valence-electron chi connectivity index (χ2n) is 6.38. The van der Waals surface area contributed by atoms with Crippen LogP contribution in [0, 0.1) is 0 Å². The van der Waals surface area contributed by atoms with Crippen molar-refractivity contribution in [2.24, 2.45) is 0 Å². The zero-order valence-corrected chi connectivity index (χ0v) is 15.9. The van der Waals surface area contributed by atoms with E-state index in [1.165, 1.54) is 29.2 Å². The maximum Gasteiger partial charge on any atom is 0.297 e. The van der Waals surface area contributed by atoms with Gasteiger partial charge in [0.05, 0.1) is 17.7 Å². The lowest BCUT2D eigenvalue weighted by Crippen LogP contribution is -2.24. The van der Waals surface area contributed by atoms with Crippen molar-refractivity contribution in [1.82, 2.24) is 14.9 Å². The van der Waals surface area contributed by atoms with Gasteiger partial charge in [-0.05, 0) is 30.7 Å². The highest BCUT2D eigenvalue weighted by molar-refractivity contribution is 7.14. The average molecular weight is 395 g/mol. The largest absolute Gasteiger partial charge is 0.448 e. The third-order valence-corrected chi connectivity index (χ3v) is 5.53. The topological polar surface area (TPSA) is 94.2 Å². The van der Waals surface area contributed by atoms with Gasteiger partial charge in [0, 0.05) is 23.7 Å². The summed E-state index contributed by atoms with van der Waals surface area (Å²) in [6, 6.07) is 10.9. The molecule has 142 valence electrons. The first-order chi connectivity index (χ1) is 13.5. The molecule has 0 aliphatic carbocycles. The lowest BCUT2D eigenvalue weighted by molar-refractivity contribution is -0.118. The number of aromatic nitrogens is 2. The Morgan fingerprint density at radius 2 is 2.04 bits per heavy atom. The first-order valence-corrected chi connectivity index (χ1v) is 9.57. The molecule has 4 aromatic rings. The summed E-state index contributed by atoms with van der Waals surface area (Å²) in [5.74, 6) is -0.254. The number of carbonyl (C=O) groups excluding carboxylic acids is 2. The maximum absolute atomic E-state index is 12.7. The number of para-hydroxylation sites is 1. The minimum absolute atomic E-state index is 0.0827. The Hall–Kier alpha value is -3.26. The molecule has 0 aliphatic heterocycles. The number of furan rings is 1. The number of benzene rings is 1. The molecular weight excluding hydrogens is 378 g/mol. The Labute approximate surface area is 163 Å². The number of fused-ring (bicyclic) bond motifs is 3. The summed E-state index contributed by atoms with van der Waals surface area (Å²) in [6.45, 7) is 1.88. The van der Waals surface area contributed by atoms with E-state index in [0.717, 1.165) is 10.3 Å². The Balaban J connectivity index is 1.55. The Kier molecular flexibility index (Phi) is 4.79. The molecule has 8 heteroatoms. The van der Waals surface area contributed by atoms with Crippen LogP contribution in [0.15, 0.2) is 51.9 Å².